The minimum atomic E-state index is 0.201. The standard InChI is InChI=1S/C20H23NO/c1-13(22)18-10-7-14-5-3-4-6-19(14)20(18)15-11-16-8-9-17(12-15)21(16)2/h3-7,10,15-17H,8-9,11-12H2,1-2H3. The van der Waals surface area contributed by atoms with Gasteiger partial charge in [-0.25, -0.2) is 0 Å². The van der Waals surface area contributed by atoms with Crippen molar-refractivity contribution in [3.63, 3.8) is 0 Å². The van der Waals surface area contributed by atoms with E-state index in [-0.39, 0.29) is 5.78 Å². The van der Waals surface area contributed by atoms with E-state index in [9.17, 15) is 4.79 Å². The lowest BCUT2D eigenvalue weighted by molar-refractivity contribution is 0.101. The number of carbonyl (C=O) groups is 1. The number of rotatable bonds is 2. The molecule has 2 unspecified atom stereocenters. The van der Waals surface area contributed by atoms with Crippen molar-refractivity contribution in [3.05, 3.63) is 47.5 Å². The third kappa shape index (κ3) is 2.09. The first-order valence-corrected chi connectivity index (χ1v) is 8.39. The van der Waals surface area contributed by atoms with Gasteiger partial charge in [0.2, 0.25) is 0 Å². The van der Waals surface area contributed by atoms with Gasteiger partial charge in [0, 0.05) is 17.6 Å². The number of Topliss-reactive ketones (excluding diaryl/α,β-unsaturated/α-hetero) is 1. The average Bonchev–Trinajstić information content (AvgIpc) is 2.75. The van der Waals surface area contributed by atoms with Gasteiger partial charge in [0.05, 0.1) is 0 Å². The number of hydrogen-bond acceptors (Lipinski definition) is 2. The Kier molecular flexibility index (Phi) is 3.30. The van der Waals surface area contributed by atoms with E-state index in [0.717, 1.165) is 5.56 Å². The fraction of sp³-hybridized carbons (Fsp3) is 0.450. The zero-order valence-corrected chi connectivity index (χ0v) is 13.4. The molecular formula is C20H23NO. The van der Waals surface area contributed by atoms with Gasteiger partial charge in [0.25, 0.3) is 0 Å². The summed E-state index contributed by atoms with van der Waals surface area (Å²) in [5, 5.41) is 2.54. The molecule has 0 aromatic heterocycles. The van der Waals surface area contributed by atoms with Gasteiger partial charge in [-0.2, -0.15) is 0 Å². The Balaban J connectivity index is 1.86. The summed E-state index contributed by atoms with van der Waals surface area (Å²) in [4.78, 5) is 14.7. The second-order valence-electron chi connectivity index (χ2n) is 7.02. The molecule has 0 spiro atoms. The Hall–Kier alpha value is -1.67. The maximum Gasteiger partial charge on any atom is 0.160 e. The largest absolute Gasteiger partial charge is 0.300 e. The van der Waals surface area contributed by atoms with E-state index in [4.69, 9.17) is 0 Å². The molecule has 2 atom stereocenters. The molecule has 4 rings (SSSR count). The smallest absolute Gasteiger partial charge is 0.160 e. The maximum atomic E-state index is 12.2. The van der Waals surface area contributed by atoms with Crippen molar-refractivity contribution in [1.29, 1.82) is 0 Å². The van der Waals surface area contributed by atoms with E-state index in [1.165, 1.54) is 42.0 Å². The van der Waals surface area contributed by atoms with E-state index >= 15 is 0 Å². The maximum absolute atomic E-state index is 12.2. The first-order valence-electron chi connectivity index (χ1n) is 8.39. The number of carbonyl (C=O) groups excluding carboxylic acids is 1. The Bertz CT molecular complexity index is 722. The van der Waals surface area contributed by atoms with Crippen LogP contribution in [0.25, 0.3) is 10.8 Å². The molecule has 2 aliphatic rings. The molecule has 2 aromatic rings. The molecule has 2 nitrogen and oxygen atoms in total. The fourth-order valence-corrected chi connectivity index (χ4v) is 4.69. The van der Waals surface area contributed by atoms with Crippen molar-refractivity contribution in [2.24, 2.45) is 0 Å². The monoisotopic (exact) mass is 293 g/mol. The lowest BCUT2D eigenvalue weighted by Gasteiger charge is -2.37. The molecule has 0 amide bonds. The number of benzene rings is 2. The van der Waals surface area contributed by atoms with Crippen molar-refractivity contribution in [3.8, 4) is 0 Å². The van der Waals surface area contributed by atoms with E-state index < -0.39 is 0 Å². The van der Waals surface area contributed by atoms with Gasteiger partial charge in [0.15, 0.2) is 5.78 Å². The Labute approximate surface area is 132 Å². The lowest BCUT2D eigenvalue weighted by Crippen LogP contribution is -2.39. The molecule has 0 saturated carbocycles. The second kappa shape index (κ2) is 5.20. The third-order valence-electron chi connectivity index (χ3n) is 5.86. The SMILES string of the molecule is CC(=O)c1ccc2ccccc2c1C1CC2CCC(C1)N2C. The van der Waals surface area contributed by atoms with Crippen LogP contribution in [0.5, 0.6) is 0 Å². The zero-order valence-electron chi connectivity index (χ0n) is 13.4. The first kappa shape index (κ1) is 14.0. The van der Waals surface area contributed by atoms with E-state index in [1.54, 1.807) is 6.92 Å². The van der Waals surface area contributed by atoms with Crippen molar-refractivity contribution < 1.29 is 4.79 Å². The molecular weight excluding hydrogens is 270 g/mol. The quantitative estimate of drug-likeness (QED) is 0.766. The molecule has 2 bridgehead atoms. The van der Waals surface area contributed by atoms with Crippen LogP contribution in [0.3, 0.4) is 0 Å². The molecule has 2 fully saturated rings. The topological polar surface area (TPSA) is 20.3 Å². The summed E-state index contributed by atoms with van der Waals surface area (Å²) >= 11 is 0. The molecule has 114 valence electrons. The summed E-state index contributed by atoms with van der Waals surface area (Å²) in [6.07, 6.45) is 5.03. The highest BCUT2D eigenvalue weighted by Crippen LogP contribution is 2.44. The van der Waals surface area contributed by atoms with Crippen molar-refractivity contribution in [1.82, 2.24) is 4.90 Å². The van der Waals surface area contributed by atoms with Gasteiger partial charge in [-0.05, 0) is 61.9 Å². The average molecular weight is 293 g/mol. The van der Waals surface area contributed by atoms with Crippen LogP contribution in [-0.4, -0.2) is 29.8 Å². The molecule has 2 heterocycles. The van der Waals surface area contributed by atoms with Crippen molar-refractivity contribution in [2.75, 3.05) is 7.05 Å². The molecule has 2 saturated heterocycles. The molecule has 22 heavy (non-hydrogen) atoms. The van der Waals surface area contributed by atoms with E-state index in [2.05, 4.69) is 42.3 Å². The minimum Gasteiger partial charge on any atom is -0.300 e. The van der Waals surface area contributed by atoms with Crippen LogP contribution in [0, 0.1) is 0 Å². The predicted molar refractivity (Wildman–Crippen MR) is 90.5 cm³/mol. The molecule has 2 aliphatic heterocycles. The van der Waals surface area contributed by atoms with Gasteiger partial charge in [-0.1, -0.05) is 36.4 Å². The van der Waals surface area contributed by atoms with Crippen LogP contribution in [0.4, 0.5) is 0 Å². The second-order valence-corrected chi connectivity index (χ2v) is 7.02. The van der Waals surface area contributed by atoms with Crippen LogP contribution >= 0.6 is 0 Å². The predicted octanol–water partition coefficient (Wildman–Crippen LogP) is 4.38. The van der Waals surface area contributed by atoms with Crippen molar-refractivity contribution >= 4 is 16.6 Å². The van der Waals surface area contributed by atoms with Gasteiger partial charge in [-0.3, -0.25) is 4.79 Å². The van der Waals surface area contributed by atoms with Crippen LogP contribution in [0.1, 0.15) is 54.4 Å². The van der Waals surface area contributed by atoms with Crippen LogP contribution in [0.15, 0.2) is 36.4 Å². The highest BCUT2D eigenvalue weighted by Gasteiger charge is 2.40. The highest BCUT2D eigenvalue weighted by atomic mass is 16.1. The molecule has 2 aromatic carbocycles. The Morgan fingerprint density at radius 3 is 2.41 bits per heavy atom. The zero-order chi connectivity index (χ0) is 15.3. The van der Waals surface area contributed by atoms with E-state index in [1.807, 2.05) is 6.07 Å². The van der Waals surface area contributed by atoms with Crippen LogP contribution in [0.2, 0.25) is 0 Å². The fourth-order valence-electron chi connectivity index (χ4n) is 4.69. The van der Waals surface area contributed by atoms with Gasteiger partial charge >= 0.3 is 0 Å². The normalized spacial score (nSPS) is 28.2. The lowest BCUT2D eigenvalue weighted by atomic mass is 9.80. The number of hydrogen-bond donors (Lipinski definition) is 0. The van der Waals surface area contributed by atoms with Crippen LogP contribution < -0.4 is 0 Å². The summed E-state index contributed by atoms with van der Waals surface area (Å²) in [5.74, 6) is 0.728. The third-order valence-corrected chi connectivity index (χ3v) is 5.86. The summed E-state index contributed by atoms with van der Waals surface area (Å²) in [7, 11) is 2.27. The molecule has 0 N–H and O–H groups in total. The summed E-state index contributed by atoms with van der Waals surface area (Å²) in [6, 6.07) is 14.1. The summed E-state index contributed by atoms with van der Waals surface area (Å²) in [6.45, 7) is 1.71. The van der Waals surface area contributed by atoms with Gasteiger partial charge in [0.1, 0.15) is 0 Å². The molecule has 0 radical (unpaired) electrons. The van der Waals surface area contributed by atoms with Crippen molar-refractivity contribution in [2.45, 2.75) is 50.6 Å². The summed E-state index contributed by atoms with van der Waals surface area (Å²) < 4.78 is 0. The number of nitrogens with zero attached hydrogens (tertiary/aromatic N) is 1. The number of piperidine rings is 1. The molecule has 2 heteroatoms. The van der Waals surface area contributed by atoms with Gasteiger partial charge < -0.3 is 4.90 Å². The van der Waals surface area contributed by atoms with E-state index in [0.29, 0.717) is 18.0 Å². The minimum absolute atomic E-state index is 0.201. The first-order chi connectivity index (χ1) is 10.6. The Morgan fingerprint density at radius 1 is 1.05 bits per heavy atom. The Morgan fingerprint density at radius 2 is 1.73 bits per heavy atom. The van der Waals surface area contributed by atoms with Gasteiger partial charge in [-0.15, -0.1) is 0 Å². The number of fused-ring (bicyclic) bond motifs is 3. The number of ketones is 1. The van der Waals surface area contributed by atoms with Crippen LogP contribution in [-0.2, 0) is 0 Å². The molecule has 0 aliphatic carbocycles. The highest BCUT2D eigenvalue weighted by molar-refractivity contribution is 6.01. The summed E-state index contributed by atoms with van der Waals surface area (Å²) in [5.41, 5.74) is 2.25.